The van der Waals surface area contributed by atoms with Gasteiger partial charge in [0.1, 0.15) is 22.5 Å². The van der Waals surface area contributed by atoms with E-state index < -0.39 is 11.2 Å². The van der Waals surface area contributed by atoms with Crippen molar-refractivity contribution in [3.05, 3.63) is 73.9 Å². The molecule has 0 unspecified atom stereocenters. The molecule has 3 rings (SSSR count). The second-order valence-corrected chi connectivity index (χ2v) is 8.11. The molecule has 2 aromatic heterocycles. The van der Waals surface area contributed by atoms with Crippen molar-refractivity contribution in [3.63, 3.8) is 0 Å². The zero-order valence-electron chi connectivity index (χ0n) is 17.4. The smallest absolute Gasteiger partial charge is 0.330 e. The minimum atomic E-state index is -0.533. The van der Waals surface area contributed by atoms with Gasteiger partial charge in [0.25, 0.3) is 5.56 Å². The number of imidazole rings is 1. The van der Waals surface area contributed by atoms with Crippen LogP contribution in [0.4, 0.5) is 11.5 Å². The lowest BCUT2D eigenvalue weighted by atomic mass is 10.1. The van der Waals surface area contributed by atoms with Gasteiger partial charge >= 0.3 is 5.69 Å². The molecule has 0 saturated carbocycles. The van der Waals surface area contributed by atoms with Gasteiger partial charge in [0, 0.05) is 13.6 Å². The number of H-pyrrole nitrogens is 1. The van der Waals surface area contributed by atoms with E-state index in [0.29, 0.717) is 30.0 Å². The van der Waals surface area contributed by atoms with Crippen molar-refractivity contribution >= 4 is 23.1 Å². The number of rotatable bonds is 8. The lowest BCUT2D eigenvalue weighted by molar-refractivity contribution is 0.562. The van der Waals surface area contributed by atoms with Gasteiger partial charge in [-0.25, -0.2) is 9.78 Å². The summed E-state index contributed by atoms with van der Waals surface area (Å²) in [5.41, 5.74) is 6.52. The van der Waals surface area contributed by atoms with Crippen LogP contribution < -0.4 is 21.9 Å². The molecule has 30 heavy (non-hydrogen) atoms. The Hall–Kier alpha value is -3.00. The predicted octanol–water partition coefficient (Wildman–Crippen LogP) is 2.61. The molecule has 3 aromatic rings. The van der Waals surface area contributed by atoms with Crippen LogP contribution in [0.15, 0.2) is 46.1 Å². The van der Waals surface area contributed by atoms with E-state index in [1.165, 1.54) is 4.57 Å². The molecule has 160 valence electrons. The number of aromatic amines is 1. The average molecular weight is 431 g/mol. The molecule has 1 aromatic carbocycles. The number of benzene rings is 1. The van der Waals surface area contributed by atoms with E-state index in [1.807, 2.05) is 42.3 Å². The molecule has 0 spiro atoms. The molecule has 0 bridgehead atoms. The minimum Gasteiger partial charge on any atom is -0.383 e. The Bertz CT molecular complexity index is 1120. The fourth-order valence-corrected chi connectivity index (χ4v) is 3.38. The van der Waals surface area contributed by atoms with Crippen molar-refractivity contribution in [3.8, 4) is 0 Å². The van der Waals surface area contributed by atoms with Crippen LogP contribution in [0.25, 0.3) is 0 Å². The number of hydrogen-bond acceptors (Lipinski definition) is 5. The Morgan fingerprint density at radius 2 is 1.93 bits per heavy atom. The number of nitrogen functional groups attached to an aromatic ring is 1. The number of aromatic nitrogens is 4. The zero-order chi connectivity index (χ0) is 21.8. The highest BCUT2D eigenvalue weighted by atomic mass is 35.5. The number of halogens is 1. The van der Waals surface area contributed by atoms with Crippen LogP contribution in [-0.2, 0) is 20.1 Å². The summed E-state index contributed by atoms with van der Waals surface area (Å²) in [5, 5.41) is 0.504. The number of hydrogen-bond donors (Lipinski definition) is 2. The molecule has 0 amide bonds. The van der Waals surface area contributed by atoms with Crippen molar-refractivity contribution in [2.45, 2.75) is 33.4 Å². The molecule has 8 nitrogen and oxygen atoms in total. The maximum absolute atomic E-state index is 12.8. The summed E-state index contributed by atoms with van der Waals surface area (Å²) in [5.74, 6) is 1.26. The first-order valence-corrected chi connectivity index (χ1v) is 10.2. The average Bonchev–Trinajstić information content (AvgIpc) is 3.01. The number of anilines is 2. The van der Waals surface area contributed by atoms with E-state index in [9.17, 15) is 9.59 Å². The van der Waals surface area contributed by atoms with Crippen molar-refractivity contribution in [1.29, 1.82) is 0 Å². The van der Waals surface area contributed by atoms with Gasteiger partial charge in [0.15, 0.2) is 0 Å². The molecular weight excluding hydrogens is 404 g/mol. The van der Waals surface area contributed by atoms with E-state index in [1.54, 1.807) is 10.8 Å². The fourth-order valence-electron chi connectivity index (χ4n) is 3.23. The first-order valence-electron chi connectivity index (χ1n) is 9.85. The molecule has 2 heterocycles. The van der Waals surface area contributed by atoms with E-state index in [0.717, 1.165) is 12.0 Å². The summed E-state index contributed by atoms with van der Waals surface area (Å²) in [6.45, 7) is 5.41. The SMILES string of the molecule is CC(C)CCN(Cc1ncc(Cl)n1C)c1c(N)n(Cc2ccccc2)c(=O)[nH]c1=O. The van der Waals surface area contributed by atoms with E-state index in [4.69, 9.17) is 17.3 Å². The Kier molecular flexibility index (Phi) is 6.66. The summed E-state index contributed by atoms with van der Waals surface area (Å²) in [7, 11) is 1.81. The van der Waals surface area contributed by atoms with Crippen molar-refractivity contribution < 1.29 is 0 Å². The monoisotopic (exact) mass is 430 g/mol. The van der Waals surface area contributed by atoms with Crippen LogP contribution in [0, 0.1) is 5.92 Å². The third kappa shape index (κ3) is 4.76. The first-order chi connectivity index (χ1) is 14.3. The van der Waals surface area contributed by atoms with Gasteiger partial charge in [-0.1, -0.05) is 55.8 Å². The lowest BCUT2D eigenvalue weighted by Crippen LogP contribution is -2.39. The molecular formula is C21H27ClN6O2. The number of nitrogens with zero attached hydrogens (tertiary/aromatic N) is 4. The van der Waals surface area contributed by atoms with Crippen molar-refractivity contribution in [2.24, 2.45) is 13.0 Å². The van der Waals surface area contributed by atoms with Crippen molar-refractivity contribution in [2.75, 3.05) is 17.2 Å². The van der Waals surface area contributed by atoms with Gasteiger partial charge in [0.2, 0.25) is 0 Å². The summed E-state index contributed by atoms with van der Waals surface area (Å²) >= 11 is 6.13. The topological polar surface area (TPSA) is 102 Å². The van der Waals surface area contributed by atoms with Gasteiger partial charge in [-0.2, -0.15) is 0 Å². The van der Waals surface area contributed by atoms with Crippen LogP contribution in [0.1, 0.15) is 31.7 Å². The highest BCUT2D eigenvalue weighted by Crippen LogP contribution is 2.22. The van der Waals surface area contributed by atoms with Gasteiger partial charge in [0.05, 0.1) is 19.3 Å². The molecule has 3 N–H and O–H groups in total. The maximum atomic E-state index is 12.8. The fraction of sp³-hybridized carbons (Fsp3) is 0.381. The summed E-state index contributed by atoms with van der Waals surface area (Å²) in [6.07, 6.45) is 2.41. The number of nitrogens with two attached hydrogens (primary N) is 1. The maximum Gasteiger partial charge on any atom is 0.330 e. The number of nitrogens with one attached hydrogen (secondary N) is 1. The Morgan fingerprint density at radius 1 is 1.23 bits per heavy atom. The minimum absolute atomic E-state index is 0.136. The normalized spacial score (nSPS) is 11.2. The molecule has 0 saturated heterocycles. The molecule has 0 aliphatic rings. The van der Waals surface area contributed by atoms with Gasteiger partial charge < -0.3 is 15.2 Å². The molecule has 9 heteroatoms. The highest BCUT2D eigenvalue weighted by molar-refractivity contribution is 6.29. The van der Waals surface area contributed by atoms with Crippen LogP contribution in [0.2, 0.25) is 5.15 Å². The quantitative estimate of drug-likeness (QED) is 0.572. The van der Waals surface area contributed by atoms with Crippen LogP contribution in [0.5, 0.6) is 0 Å². The van der Waals surface area contributed by atoms with E-state index in [-0.39, 0.29) is 18.1 Å². The summed E-state index contributed by atoms with van der Waals surface area (Å²) in [6, 6.07) is 9.50. The molecule has 0 fully saturated rings. The molecule has 0 atom stereocenters. The third-order valence-electron chi connectivity index (χ3n) is 5.05. The summed E-state index contributed by atoms with van der Waals surface area (Å²) < 4.78 is 3.15. The Labute approximate surface area is 179 Å². The third-order valence-corrected chi connectivity index (χ3v) is 5.40. The first kappa shape index (κ1) is 21.7. The van der Waals surface area contributed by atoms with Crippen LogP contribution in [0.3, 0.4) is 0 Å². The predicted molar refractivity (Wildman–Crippen MR) is 120 cm³/mol. The van der Waals surface area contributed by atoms with Gasteiger partial charge in [-0.05, 0) is 17.9 Å². The molecule has 0 radical (unpaired) electrons. The van der Waals surface area contributed by atoms with Crippen LogP contribution in [-0.4, -0.2) is 25.6 Å². The zero-order valence-corrected chi connectivity index (χ0v) is 18.2. The van der Waals surface area contributed by atoms with E-state index in [2.05, 4.69) is 23.8 Å². The van der Waals surface area contributed by atoms with E-state index >= 15 is 0 Å². The largest absolute Gasteiger partial charge is 0.383 e. The standard InChI is InChI=1S/C21H27ClN6O2/c1-14(2)9-10-27(13-17-24-11-16(22)26(17)3)18-19(23)28(21(30)25-20(18)29)12-15-7-5-4-6-8-15/h4-8,11,14H,9-10,12-13,23H2,1-3H3,(H,25,29,30). The second kappa shape index (κ2) is 9.21. The highest BCUT2D eigenvalue weighted by Gasteiger charge is 2.21. The van der Waals surface area contributed by atoms with Crippen LogP contribution >= 0.6 is 11.6 Å². The lowest BCUT2D eigenvalue weighted by Gasteiger charge is -2.26. The Morgan fingerprint density at radius 3 is 2.53 bits per heavy atom. The second-order valence-electron chi connectivity index (χ2n) is 7.73. The summed E-state index contributed by atoms with van der Waals surface area (Å²) in [4.78, 5) is 33.9. The molecule has 0 aliphatic carbocycles. The van der Waals surface area contributed by atoms with Gasteiger partial charge in [-0.15, -0.1) is 0 Å². The Balaban J connectivity index is 2.05. The van der Waals surface area contributed by atoms with Gasteiger partial charge in [-0.3, -0.25) is 14.3 Å². The van der Waals surface area contributed by atoms with Crippen molar-refractivity contribution in [1.82, 2.24) is 19.1 Å². The molecule has 0 aliphatic heterocycles.